The summed E-state index contributed by atoms with van der Waals surface area (Å²) in [6.07, 6.45) is 0.669. The highest BCUT2D eigenvalue weighted by Gasteiger charge is 2.36. The Balaban J connectivity index is 1.28. The Kier molecular flexibility index (Phi) is 11.6. The second kappa shape index (κ2) is 16.4. The summed E-state index contributed by atoms with van der Waals surface area (Å²) in [4.78, 5) is 30.1. The van der Waals surface area contributed by atoms with Gasteiger partial charge in [0, 0.05) is 31.8 Å². The predicted octanol–water partition coefficient (Wildman–Crippen LogP) is 7.00. The van der Waals surface area contributed by atoms with Crippen molar-refractivity contribution in [2.75, 3.05) is 32.9 Å². The Hall–Kier alpha value is -4.89. The number of ether oxygens (including phenoxy) is 2. The summed E-state index contributed by atoms with van der Waals surface area (Å²) in [5.74, 6) is -0.498. The summed E-state index contributed by atoms with van der Waals surface area (Å²) in [5.41, 5.74) is 3.91. The number of hydrogen-bond donors (Lipinski definition) is 2. The number of benzene rings is 4. The van der Waals surface area contributed by atoms with Crippen molar-refractivity contribution in [3.05, 3.63) is 114 Å². The van der Waals surface area contributed by atoms with Crippen molar-refractivity contribution in [2.45, 2.75) is 38.2 Å². The van der Waals surface area contributed by atoms with Crippen molar-refractivity contribution in [2.24, 2.45) is 11.1 Å². The van der Waals surface area contributed by atoms with Gasteiger partial charge in [-0.05, 0) is 51.9 Å². The lowest BCUT2D eigenvalue weighted by Crippen LogP contribution is -2.45. The molecule has 0 spiro atoms. The van der Waals surface area contributed by atoms with Crippen molar-refractivity contribution in [3.8, 4) is 5.75 Å². The Labute approximate surface area is 269 Å². The molecule has 1 heterocycles. The van der Waals surface area contributed by atoms with Gasteiger partial charge in [-0.25, -0.2) is 4.79 Å². The molecule has 9 nitrogen and oxygen atoms in total. The summed E-state index contributed by atoms with van der Waals surface area (Å²) < 4.78 is 11.7. The molecule has 240 valence electrons. The average Bonchev–Trinajstić information content (AvgIpc) is 3.08. The van der Waals surface area contributed by atoms with E-state index in [9.17, 15) is 14.7 Å². The monoisotopic (exact) mass is 624 g/mol. The first kappa shape index (κ1) is 32.5. The summed E-state index contributed by atoms with van der Waals surface area (Å²) >= 11 is 0. The molecule has 1 amide bonds. The maximum atomic E-state index is 12.1. The number of fused-ring (bicyclic) bond motifs is 1. The first-order valence-electron chi connectivity index (χ1n) is 15.7. The minimum absolute atomic E-state index is 0.0154. The van der Waals surface area contributed by atoms with Crippen LogP contribution >= 0.6 is 0 Å². The second-order valence-electron chi connectivity index (χ2n) is 11.5. The zero-order valence-electron chi connectivity index (χ0n) is 25.8. The summed E-state index contributed by atoms with van der Waals surface area (Å²) in [6.45, 7) is 2.31. The van der Waals surface area contributed by atoms with Crippen LogP contribution in [0.5, 0.6) is 5.75 Å². The molecule has 0 bridgehead atoms. The van der Waals surface area contributed by atoms with E-state index in [1.165, 1.54) is 4.90 Å². The van der Waals surface area contributed by atoms with Crippen molar-refractivity contribution >= 4 is 28.5 Å². The van der Waals surface area contributed by atoms with Crippen LogP contribution in [0, 0.1) is 5.92 Å². The van der Waals surface area contributed by atoms with Crippen molar-refractivity contribution in [1.29, 1.82) is 0 Å². The molecule has 46 heavy (non-hydrogen) atoms. The molecule has 4 aromatic carbocycles. The van der Waals surface area contributed by atoms with Gasteiger partial charge in [0.05, 0.1) is 32.0 Å². The molecule has 4 aromatic rings. The molecule has 9 heteroatoms. The standard InChI is InChI=1S/C37H40N2O7/c40-36(41)18-22-46-38-35(24-28-11-12-29-9-4-5-10-31(29)23-28)34-25-39(37(42)43)19-17-33(34)30-13-15-32(16-14-30)45-21-6-20-44-26-27-7-2-1-3-8-27/h1-5,7-16,23,33-34H,6,17-22,24-26H2,(H,40,41)(H,42,43). The third kappa shape index (κ3) is 9.31. The number of carbonyl (C=O) groups is 2. The molecule has 2 N–H and O–H groups in total. The van der Waals surface area contributed by atoms with E-state index in [0.717, 1.165) is 39.6 Å². The van der Waals surface area contributed by atoms with Gasteiger partial charge in [0.25, 0.3) is 0 Å². The predicted molar refractivity (Wildman–Crippen MR) is 176 cm³/mol. The van der Waals surface area contributed by atoms with Crippen molar-refractivity contribution in [3.63, 3.8) is 0 Å². The zero-order chi connectivity index (χ0) is 32.1. The largest absolute Gasteiger partial charge is 0.494 e. The van der Waals surface area contributed by atoms with Crippen LogP contribution in [-0.4, -0.2) is 65.8 Å². The van der Waals surface area contributed by atoms with Crippen LogP contribution in [0.3, 0.4) is 0 Å². The van der Waals surface area contributed by atoms with E-state index in [2.05, 4.69) is 29.4 Å². The number of amides is 1. The topological polar surface area (TPSA) is 118 Å². The number of likely N-dealkylation sites (tertiary alicyclic amines) is 1. The number of aliphatic carboxylic acids is 1. The van der Waals surface area contributed by atoms with Crippen LogP contribution < -0.4 is 4.74 Å². The Morgan fingerprint density at radius 2 is 1.59 bits per heavy atom. The van der Waals surface area contributed by atoms with E-state index < -0.39 is 12.1 Å². The number of rotatable bonds is 15. The van der Waals surface area contributed by atoms with Crippen LogP contribution in [0.2, 0.25) is 0 Å². The van der Waals surface area contributed by atoms with E-state index in [-0.39, 0.29) is 31.4 Å². The minimum atomic E-state index is -0.975. The molecule has 5 rings (SSSR count). The second-order valence-corrected chi connectivity index (χ2v) is 11.5. The summed E-state index contributed by atoms with van der Waals surface area (Å²) in [6, 6.07) is 32.3. The van der Waals surface area contributed by atoms with E-state index in [1.54, 1.807) is 0 Å². The highest BCUT2D eigenvalue weighted by Crippen LogP contribution is 2.36. The molecule has 2 atom stereocenters. The fourth-order valence-electron chi connectivity index (χ4n) is 5.84. The molecule has 2 unspecified atom stereocenters. The number of oxime groups is 1. The van der Waals surface area contributed by atoms with Gasteiger partial charge in [-0.3, -0.25) is 4.79 Å². The Morgan fingerprint density at radius 3 is 2.35 bits per heavy atom. The van der Waals surface area contributed by atoms with Gasteiger partial charge in [-0.2, -0.15) is 0 Å². The molecular weight excluding hydrogens is 584 g/mol. The van der Waals surface area contributed by atoms with Gasteiger partial charge in [-0.1, -0.05) is 90.1 Å². The van der Waals surface area contributed by atoms with Gasteiger partial charge in [0.2, 0.25) is 0 Å². The van der Waals surface area contributed by atoms with Crippen LogP contribution in [0.25, 0.3) is 10.8 Å². The summed E-state index contributed by atoms with van der Waals surface area (Å²) in [5, 5.41) is 25.6. The Morgan fingerprint density at radius 1 is 0.826 bits per heavy atom. The van der Waals surface area contributed by atoms with Gasteiger partial charge in [0.15, 0.2) is 0 Å². The number of carboxylic acids is 1. The quantitative estimate of drug-likeness (QED) is 0.0831. The third-order valence-electron chi connectivity index (χ3n) is 8.22. The highest BCUT2D eigenvalue weighted by atomic mass is 16.6. The van der Waals surface area contributed by atoms with E-state index in [0.29, 0.717) is 44.9 Å². The van der Waals surface area contributed by atoms with Gasteiger partial charge in [-0.15, -0.1) is 0 Å². The lowest BCUT2D eigenvalue weighted by molar-refractivity contribution is -0.138. The minimum Gasteiger partial charge on any atom is -0.494 e. The molecule has 1 fully saturated rings. The maximum Gasteiger partial charge on any atom is 0.407 e. The van der Waals surface area contributed by atoms with Crippen LogP contribution in [0.15, 0.2) is 102 Å². The van der Waals surface area contributed by atoms with Crippen molar-refractivity contribution in [1.82, 2.24) is 4.90 Å². The number of nitrogens with zero attached hydrogens (tertiary/aromatic N) is 2. The molecule has 0 aromatic heterocycles. The molecular formula is C37H40N2O7. The van der Waals surface area contributed by atoms with E-state index in [1.807, 2.05) is 72.8 Å². The lowest BCUT2D eigenvalue weighted by Gasteiger charge is -2.38. The molecule has 0 aliphatic carbocycles. The van der Waals surface area contributed by atoms with E-state index >= 15 is 0 Å². The zero-order valence-corrected chi connectivity index (χ0v) is 25.8. The summed E-state index contributed by atoms with van der Waals surface area (Å²) in [7, 11) is 0. The number of hydrogen-bond acceptors (Lipinski definition) is 6. The lowest BCUT2D eigenvalue weighted by atomic mass is 9.76. The number of carboxylic acid groups (broad SMARTS) is 2. The Bertz CT molecular complexity index is 1610. The fraction of sp³-hybridized carbons (Fsp3) is 0.324. The molecule has 1 aliphatic rings. The first-order valence-corrected chi connectivity index (χ1v) is 15.7. The smallest absolute Gasteiger partial charge is 0.407 e. The van der Waals surface area contributed by atoms with Crippen molar-refractivity contribution < 1.29 is 34.1 Å². The molecule has 0 radical (unpaired) electrons. The van der Waals surface area contributed by atoms with Gasteiger partial charge in [0.1, 0.15) is 12.4 Å². The van der Waals surface area contributed by atoms with Crippen LogP contribution in [0.4, 0.5) is 4.79 Å². The first-order chi connectivity index (χ1) is 22.5. The third-order valence-corrected chi connectivity index (χ3v) is 8.22. The van der Waals surface area contributed by atoms with Gasteiger partial charge < -0.3 is 29.4 Å². The van der Waals surface area contributed by atoms with Crippen LogP contribution in [0.1, 0.15) is 41.9 Å². The highest BCUT2D eigenvalue weighted by molar-refractivity contribution is 5.91. The SMILES string of the molecule is O=C(O)CCON=C(Cc1ccc2ccccc2c1)C1CN(C(=O)O)CCC1c1ccc(OCCCOCc2ccccc2)cc1. The number of piperidine rings is 1. The average molecular weight is 625 g/mol. The van der Waals surface area contributed by atoms with Crippen LogP contribution in [-0.2, 0) is 27.4 Å². The normalized spacial score (nSPS) is 16.7. The van der Waals surface area contributed by atoms with E-state index in [4.69, 9.17) is 19.4 Å². The van der Waals surface area contributed by atoms with Gasteiger partial charge >= 0.3 is 12.1 Å². The fourth-order valence-corrected chi connectivity index (χ4v) is 5.84. The molecule has 1 saturated heterocycles. The maximum absolute atomic E-state index is 12.1. The molecule has 1 aliphatic heterocycles. The molecule has 0 saturated carbocycles.